The van der Waals surface area contributed by atoms with Gasteiger partial charge < -0.3 is 25.6 Å². The average Bonchev–Trinajstić information content (AvgIpc) is 3.97. The quantitative estimate of drug-likeness (QED) is 0.148. The van der Waals surface area contributed by atoms with E-state index in [0.29, 0.717) is 51.6 Å². The SMILES string of the molecule is C1CCOC1.Nc1ccc(-c2nnc(-c3ccccn3)nn2)nc1.O=C(O)CCC(=O)Nc1ccc(-c2nnc(-c3ccccn3)nn2)nc1.O=C1CCC(=O)O1. The normalized spacial score (nSPS) is 12.7. The van der Waals surface area contributed by atoms with Crippen LogP contribution in [0.25, 0.3) is 46.1 Å². The van der Waals surface area contributed by atoms with E-state index in [1.807, 2.05) is 18.2 Å². The van der Waals surface area contributed by atoms with Crippen molar-refractivity contribution in [2.24, 2.45) is 0 Å². The van der Waals surface area contributed by atoms with E-state index in [-0.39, 0.29) is 31.5 Å². The number of hydrogen-bond acceptors (Lipinski definition) is 19. The molecule has 1 amide bonds. The van der Waals surface area contributed by atoms with Crippen LogP contribution in [0.3, 0.4) is 0 Å². The number of anilines is 2. The Labute approximate surface area is 323 Å². The number of amides is 1. The first-order chi connectivity index (χ1) is 27.7. The number of nitrogens with one attached hydrogen (secondary N) is 1. The predicted molar refractivity (Wildman–Crippen MR) is 198 cm³/mol. The summed E-state index contributed by atoms with van der Waals surface area (Å²) >= 11 is 0. The zero-order valence-corrected chi connectivity index (χ0v) is 30.1. The molecule has 0 bridgehead atoms. The van der Waals surface area contributed by atoms with Crippen molar-refractivity contribution in [3.63, 3.8) is 0 Å². The molecule has 0 aromatic carbocycles. The number of pyridine rings is 4. The Morgan fingerprint density at radius 3 is 1.42 bits per heavy atom. The Morgan fingerprint density at radius 2 is 1.09 bits per heavy atom. The molecule has 8 rings (SSSR count). The molecule has 0 radical (unpaired) electrons. The fourth-order valence-corrected chi connectivity index (χ4v) is 4.38. The number of nitrogens with zero attached hydrogens (tertiary/aromatic N) is 12. The van der Waals surface area contributed by atoms with Crippen LogP contribution in [-0.2, 0) is 28.7 Å². The first-order valence-electron chi connectivity index (χ1n) is 17.2. The molecular formula is C36H34N14O7. The summed E-state index contributed by atoms with van der Waals surface area (Å²) in [6, 6.07) is 17.4. The Hall–Kier alpha value is -7.68. The van der Waals surface area contributed by atoms with Crippen molar-refractivity contribution in [2.45, 2.75) is 38.5 Å². The molecular weight excluding hydrogens is 740 g/mol. The molecule has 6 aromatic heterocycles. The topological polar surface area (TPSA) is 300 Å². The number of carboxylic acids is 1. The number of carbonyl (C=O) groups excluding carboxylic acids is 3. The van der Waals surface area contributed by atoms with Gasteiger partial charge in [-0.05, 0) is 61.4 Å². The van der Waals surface area contributed by atoms with Crippen molar-refractivity contribution in [1.82, 2.24) is 60.7 Å². The molecule has 2 fully saturated rings. The molecule has 0 saturated carbocycles. The second-order valence-corrected chi connectivity index (χ2v) is 11.5. The average molecular weight is 775 g/mol. The van der Waals surface area contributed by atoms with Crippen LogP contribution in [0.5, 0.6) is 0 Å². The molecule has 0 atom stereocenters. The number of carboxylic acid groups (broad SMARTS) is 1. The first-order valence-corrected chi connectivity index (χ1v) is 17.2. The van der Waals surface area contributed by atoms with E-state index in [0.717, 1.165) is 13.2 Å². The fourth-order valence-electron chi connectivity index (χ4n) is 4.38. The summed E-state index contributed by atoms with van der Waals surface area (Å²) in [4.78, 5) is 58.6. The molecule has 0 spiro atoms. The zero-order valence-electron chi connectivity index (χ0n) is 30.1. The molecule has 6 aromatic rings. The second kappa shape index (κ2) is 21.3. The minimum atomic E-state index is -1.03. The Morgan fingerprint density at radius 1 is 0.614 bits per heavy atom. The van der Waals surface area contributed by atoms with Crippen LogP contribution < -0.4 is 11.1 Å². The van der Waals surface area contributed by atoms with Crippen molar-refractivity contribution >= 4 is 35.2 Å². The van der Waals surface area contributed by atoms with E-state index in [1.54, 1.807) is 54.9 Å². The third-order valence-electron chi connectivity index (χ3n) is 7.19. The molecule has 2 aliphatic heterocycles. The summed E-state index contributed by atoms with van der Waals surface area (Å²) in [6.45, 7) is 2.00. The van der Waals surface area contributed by atoms with Crippen molar-refractivity contribution < 1.29 is 33.8 Å². The van der Waals surface area contributed by atoms with Crippen LogP contribution in [0, 0.1) is 0 Å². The smallest absolute Gasteiger partial charge is 0.314 e. The fraction of sp³-hybridized carbons (Fsp3) is 0.222. The van der Waals surface area contributed by atoms with E-state index in [1.165, 1.54) is 25.2 Å². The van der Waals surface area contributed by atoms with Crippen LogP contribution >= 0.6 is 0 Å². The summed E-state index contributed by atoms with van der Waals surface area (Å²) < 4.78 is 9.03. The van der Waals surface area contributed by atoms with Crippen LogP contribution in [0.2, 0.25) is 0 Å². The number of nitrogens with two attached hydrogens (primary N) is 1. The third-order valence-corrected chi connectivity index (χ3v) is 7.19. The highest BCUT2D eigenvalue weighted by atomic mass is 16.6. The number of hydrogen-bond donors (Lipinski definition) is 3. The van der Waals surface area contributed by atoms with Crippen LogP contribution in [0.15, 0.2) is 85.5 Å². The number of ether oxygens (including phenoxy) is 2. The van der Waals surface area contributed by atoms with Gasteiger partial charge in [-0.3, -0.25) is 39.1 Å². The maximum atomic E-state index is 11.6. The highest BCUT2D eigenvalue weighted by molar-refractivity contribution is 5.93. The molecule has 4 N–H and O–H groups in total. The van der Waals surface area contributed by atoms with E-state index in [4.69, 9.17) is 15.6 Å². The lowest BCUT2D eigenvalue weighted by atomic mass is 10.3. The minimum absolute atomic E-state index is 0.108. The Bertz CT molecular complexity index is 2180. The van der Waals surface area contributed by atoms with Gasteiger partial charge in [0.25, 0.3) is 0 Å². The number of carbonyl (C=O) groups is 4. The van der Waals surface area contributed by atoms with E-state index < -0.39 is 23.8 Å². The molecule has 0 unspecified atom stereocenters. The molecule has 290 valence electrons. The monoisotopic (exact) mass is 774 g/mol. The van der Waals surface area contributed by atoms with Crippen LogP contribution in [0.4, 0.5) is 11.4 Å². The minimum Gasteiger partial charge on any atom is -0.481 e. The van der Waals surface area contributed by atoms with Gasteiger partial charge in [-0.2, -0.15) is 0 Å². The first kappa shape index (κ1) is 40.5. The Kier molecular flexibility index (Phi) is 15.1. The lowest BCUT2D eigenvalue weighted by molar-refractivity contribution is -0.152. The van der Waals surface area contributed by atoms with Gasteiger partial charge in [0, 0.05) is 32.0 Å². The van der Waals surface area contributed by atoms with Gasteiger partial charge in [-0.25, -0.2) is 0 Å². The largest absolute Gasteiger partial charge is 0.481 e. The molecule has 2 aliphatic rings. The third kappa shape index (κ3) is 13.6. The number of esters is 2. The molecule has 0 aliphatic carbocycles. The number of aliphatic carboxylic acids is 1. The number of nitrogen functional groups attached to an aromatic ring is 1. The summed E-state index contributed by atoms with van der Waals surface area (Å²) in [5.41, 5.74) is 8.77. The summed E-state index contributed by atoms with van der Waals surface area (Å²) in [5.74, 6) is -0.972. The van der Waals surface area contributed by atoms with Gasteiger partial charge in [0.2, 0.25) is 29.2 Å². The summed E-state index contributed by atoms with van der Waals surface area (Å²) in [5, 5.41) is 43.0. The van der Waals surface area contributed by atoms with Crippen LogP contribution in [0.1, 0.15) is 38.5 Å². The summed E-state index contributed by atoms with van der Waals surface area (Å²) in [7, 11) is 0. The predicted octanol–water partition coefficient (Wildman–Crippen LogP) is 2.81. The van der Waals surface area contributed by atoms with Crippen molar-refractivity contribution in [3.05, 3.63) is 85.5 Å². The number of cyclic esters (lactones) is 2. The standard InChI is InChI=1S/C16H13N7O3.C12H9N7.C4H4O3.C4H8O/c24-13(6-7-14(25)26)19-10-4-5-12(18-9-10)16-22-20-15(21-23-16)11-3-1-2-8-17-11;13-8-4-5-10(15-7-8)12-18-16-11(17-19-12)9-3-1-2-6-14-9;5-3-1-2-4(6)7-3;1-2-4-5-3-1/h1-5,8-9H,6-7H2,(H,19,24)(H,25,26);1-7H,13H2;1-2H2;1-4H2. The van der Waals surface area contributed by atoms with Gasteiger partial charge in [-0.1, -0.05) is 12.1 Å². The van der Waals surface area contributed by atoms with Crippen molar-refractivity contribution in [1.29, 1.82) is 0 Å². The lowest BCUT2D eigenvalue weighted by Crippen LogP contribution is -2.13. The number of aromatic nitrogens is 12. The highest BCUT2D eigenvalue weighted by Crippen LogP contribution is 2.16. The van der Waals surface area contributed by atoms with Gasteiger partial charge >= 0.3 is 17.9 Å². The molecule has 21 nitrogen and oxygen atoms in total. The maximum Gasteiger partial charge on any atom is 0.314 e. The zero-order chi connectivity index (χ0) is 40.2. The van der Waals surface area contributed by atoms with Crippen LogP contribution in [-0.4, -0.2) is 103 Å². The van der Waals surface area contributed by atoms with E-state index >= 15 is 0 Å². The van der Waals surface area contributed by atoms with Crippen molar-refractivity contribution in [2.75, 3.05) is 24.3 Å². The van der Waals surface area contributed by atoms with Crippen molar-refractivity contribution in [3.8, 4) is 46.1 Å². The van der Waals surface area contributed by atoms with Gasteiger partial charge in [0.15, 0.2) is 0 Å². The van der Waals surface area contributed by atoms with Gasteiger partial charge in [0.05, 0.1) is 43.0 Å². The van der Waals surface area contributed by atoms with Gasteiger partial charge in [-0.15, -0.1) is 40.8 Å². The molecule has 57 heavy (non-hydrogen) atoms. The van der Waals surface area contributed by atoms with Gasteiger partial charge in [0.1, 0.15) is 22.8 Å². The van der Waals surface area contributed by atoms with E-state index in [9.17, 15) is 19.2 Å². The lowest BCUT2D eigenvalue weighted by Gasteiger charge is -2.04. The maximum absolute atomic E-state index is 11.6. The highest BCUT2D eigenvalue weighted by Gasteiger charge is 2.19. The number of rotatable bonds is 8. The summed E-state index contributed by atoms with van der Waals surface area (Å²) in [6.07, 6.45) is 8.98. The molecule has 2 saturated heterocycles. The Balaban J connectivity index is 0.000000172. The molecule has 21 heteroatoms. The van der Waals surface area contributed by atoms with E-state index in [2.05, 4.69) is 70.8 Å². The second-order valence-electron chi connectivity index (χ2n) is 11.5. The molecule has 8 heterocycles.